The van der Waals surface area contributed by atoms with Gasteiger partial charge in [0, 0.05) is 22.8 Å². The molecule has 1 heterocycles. The van der Waals surface area contributed by atoms with Crippen LogP contribution in [-0.4, -0.2) is 10.9 Å². The summed E-state index contributed by atoms with van der Waals surface area (Å²) in [4.78, 5) is 16.7. The third-order valence-electron chi connectivity index (χ3n) is 5.75. The van der Waals surface area contributed by atoms with Crippen molar-refractivity contribution in [1.82, 2.24) is 4.98 Å². The number of nitriles is 1. The van der Waals surface area contributed by atoms with E-state index < -0.39 is 5.41 Å². The van der Waals surface area contributed by atoms with E-state index >= 15 is 0 Å². The van der Waals surface area contributed by atoms with Gasteiger partial charge in [-0.05, 0) is 64.0 Å². The van der Waals surface area contributed by atoms with E-state index in [0.717, 1.165) is 45.1 Å². The molecule has 0 spiro atoms. The standard InChI is InChI=1S/C24H21BrN4O/c1-15-20(25)14-29-22(21(15)24(10-11-24)23(27)30)28-13-16-6-8-17(9-7-16)19-5-3-2-4-18(19)12-26/h2-9,14H,10-11,13H2,1H3,(H2,27,30)(H,28,29). The molecule has 3 N–H and O–H groups in total. The van der Waals surface area contributed by atoms with Gasteiger partial charge in [-0.15, -0.1) is 0 Å². The highest BCUT2D eigenvalue weighted by Crippen LogP contribution is 2.52. The Morgan fingerprint density at radius 3 is 2.57 bits per heavy atom. The number of nitrogens with two attached hydrogens (primary N) is 1. The molecule has 2 aromatic carbocycles. The van der Waals surface area contributed by atoms with Gasteiger partial charge in [-0.25, -0.2) is 4.98 Å². The van der Waals surface area contributed by atoms with Crippen molar-refractivity contribution in [1.29, 1.82) is 5.26 Å². The molecular formula is C24H21BrN4O. The second-order valence-electron chi connectivity index (χ2n) is 7.61. The summed E-state index contributed by atoms with van der Waals surface area (Å²) in [6, 6.07) is 17.9. The van der Waals surface area contributed by atoms with Crippen LogP contribution in [0.3, 0.4) is 0 Å². The zero-order valence-electron chi connectivity index (χ0n) is 16.6. The maximum Gasteiger partial charge on any atom is 0.228 e. The minimum Gasteiger partial charge on any atom is -0.369 e. The van der Waals surface area contributed by atoms with Crippen molar-refractivity contribution < 1.29 is 4.79 Å². The molecule has 1 amide bonds. The predicted octanol–water partition coefficient (Wildman–Crippen LogP) is 4.82. The zero-order chi connectivity index (χ0) is 21.3. The first-order valence-corrected chi connectivity index (χ1v) is 10.5. The van der Waals surface area contributed by atoms with E-state index in [0.29, 0.717) is 17.9 Å². The second-order valence-corrected chi connectivity index (χ2v) is 8.46. The fourth-order valence-corrected chi connectivity index (χ4v) is 4.16. The average molecular weight is 461 g/mol. The molecule has 30 heavy (non-hydrogen) atoms. The number of amides is 1. The van der Waals surface area contributed by atoms with Crippen LogP contribution in [0.4, 0.5) is 5.82 Å². The molecule has 1 aliphatic rings. The van der Waals surface area contributed by atoms with E-state index in [9.17, 15) is 10.1 Å². The number of carbonyl (C=O) groups is 1. The number of aromatic nitrogens is 1. The van der Waals surface area contributed by atoms with Crippen molar-refractivity contribution in [2.24, 2.45) is 5.73 Å². The lowest BCUT2D eigenvalue weighted by Gasteiger charge is -2.20. The molecule has 0 saturated heterocycles. The highest BCUT2D eigenvalue weighted by Gasteiger charge is 2.52. The Hall–Kier alpha value is -3.17. The summed E-state index contributed by atoms with van der Waals surface area (Å²) in [5, 5.41) is 12.7. The van der Waals surface area contributed by atoms with Gasteiger partial charge in [-0.1, -0.05) is 42.5 Å². The van der Waals surface area contributed by atoms with E-state index in [1.165, 1.54) is 0 Å². The molecule has 1 fully saturated rings. The van der Waals surface area contributed by atoms with Crippen LogP contribution in [0.2, 0.25) is 0 Å². The minimum absolute atomic E-state index is 0.297. The topological polar surface area (TPSA) is 91.8 Å². The first-order valence-electron chi connectivity index (χ1n) is 9.74. The van der Waals surface area contributed by atoms with Gasteiger partial charge in [0.25, 0.3) is 0 Å². The maximum absolute atomic E-state index is 12.1. The van der Waals surface area contributed by atoms with Crippen LogP contribution in [0.25, 0.3) is 11.1 Å². The van der Waals surface area contributed by atoms with Crippen LogP contribution < -0.4 is 11.1 Å². The second kappa shape index (κ2) is 7.92. The van der Waals surface area contributed by atoms with Gasteiger partial charge in [0.15, 0.2) is 0 Å². The van der Waals surface area contributed by atoms with Crippen LogP contribution in [-0.2, 0) is 16.8 Å². The molecule has 0 unspecified atom stereocenters. The number of anilines is 1. The van der Waals surface area contributed by atoms with Crippen LogP contribution >= 0.6 is 15.9 Å². The van der Waals surface area contributed by atoms with Gasteiger partial charge in [-0.2, -0.15) is 5.26 Å². The van der Waals surface area contributed by atoms with Crippen LogP contribution in [0.15, 0.2) is 59.2 Å². The average Bonchev–Trinajstić information content (AvgIpc) is 3.57. The molecule has 3 aromatic rings. The maximum atomic E-state index is 12.1. The molecule has 150 valence electrons. The fraction of sp³-hybridized carbons (Fsp3) is 0.208. The third-order valence-corrected chi connectivity index (χ3v) is 6.55. The monoisotopic (exact) mass is 460 g/mol. The van der Waals surface area contributed by atoms with Crippen molar-refractivity contribution in [3.63, 3.8) is 0 Å². The number of hydrogen-bond donors (Lipinski definition) is 2. The molecular weight excluding hydrogens is 440 g/mol. The molecule has 1 aliphatic carbocycles. The molecule has 6 heteroatoms. The van der Waals surface area contributed by atoms with Gasteiger partial charge < -0.3 is 11.1 Å². The van der Waals surface area contributed by atoms with Crippen molar-refractivity contribution >= 4 is 27.7 Å². The summed E-state index contributed by atoms with van der Waals surface area (Å²) < 4.78 is 0.871. The smallest absolute Gasteiger partial charge is 0.228 e. The van der Waals surface area contributed by atoms with E-state index in [4.69, 9.17) is 5.73 Å². The number of hydrogen-bond acceptors (Lipinski definition) is 4. The fourth-order valence-electron chi connectivity index (χ4n) is 3.86. The molecule has 1 aromatic heterocycles. The first kappa shape index (κ1) is 20.1. The van der Waals surface area contributed by atoms with E-state index in [-0.39, 0.29) is 5.91 Å². The molecule has 0 radical (unpaired) electrons. The lowest BCUT2D eigenvalue weighted by atomic mass is 9.91. The number of benzene rings is 2. The summed E-state index contributed by atoms with van der Waals surface area (Å²) in [6.45, 7) is 2.55. The lowest BCUT2D eigenvalue weighted by molar-refractivity contribution is -0.120. The van der Waals surface area contributed by atoms with Gasteiger partial charge in [0.2, 0.25) is 5.91 Å². The van der Waals surface area contributed by atoms with E-state index in [1.54, 1.807) is 6.20 Å². The quantitative estimate of drug-likeness (QED) is 0.551. The molecule has 0 atom stereocenters. The van der Waals surface area contributed by atoms with Crippen molar-refractivity contribution in [3.05, 3.63) is 81.5 Å². The van der Waals surface area contributed by atoms with Crippen LogP contribution in [0.1, 0.15) is 35.1 Å². The normalized spacial score (nSPS) is 14.0. The Balaban J connectivity index is 1.57. The van der Waals surface area contributed by atoms with Gasteiger partial charge in [0.05, 0.1) is 17.0 Å². The Morgan fingerprint density at radius 2 is 1.93 bits per heavy atom. The summed E-state index contributed by atoms with van der Waals surface area (Å²) in [5.41, 5.74) is 10.6. The van der Waals surface area contributed by atoms with Crippen LogP contribution in [0, 0.1) is 18.3 Å². The molecule has 5 nitrogen and oxygen atoms in total. The number of nitrogens with zero attached hydrogens (tertiary/aromatic N) is 2. The van der Waals surface area contributed by atoms with Crippen molar-refractivity contribution in [3.8, 4) is 17.2 Å². The predicted molar refractivity (Wildman–Crippen MR) is 121 cm³/mol. The van der Waals surface area contributed by atoms with E-state index in [2.05, 4.69) is 32.3 Å². The largest absolute Gasteiger partial charge is 0.369 e. The van der Waals surface area contributed by atoms with Crippen molar-refractivity contribution in [2.45, 2.75) is 31.7 Å². The highest BCUT2D eigenvalue weighted by molar-refractivity contribution is 9.10. The number of pyridine rings is 1. The van der Waals surface area contributed by atoms with E-state index in [1.807, 2.05) is 55.5 Å². The molecule has 1 saturated carbocycles. The van der Waals surface area contributed by atoms with Crippen LogP contribution in [0.5, 0.6) is 0 Å². The first-order chi connectivity index (χ1) is 14.5. The Morgan fingerprint density at radius 1 is 1.23 bits per heavy atom. The Labute approximate surface area is 184 Å². The SMILES string of the molecule is Cc1c(Br)cnc(NCc2ccc(-c3ccccc3C#N)cc2)c1C1(C(N)=O)CC1. The number of carbonyl (C=O) groups excluding carboxylic acids is 1. The number of rotatable bonds is 6. The number of halogens is 1. The summed E-state index contributed by atoms with van der Waals surface area (Å²) in [5.74, 6) is 0.403. The highest BCUT2D eigenvalue weighted by atomic mass is 79.9. The summed E-state index contributed by atoms with van der Waals surface area (Å²) >= 11 is 3.52. The Bertz CT molecular complexity index is 1160. The summed E-state index contributed by atoms with van der Waals surface area (Å²) in [6.07, 6.45) is 3.26. The van der Waals surface area contributed by atoms with Gasteiger partial charge >= 0.3 is 0 Å². The van der Waals surface area contributed by atoms with Gasteiger partial charge in [0.1, 0.15) is 5.82 Å². The zero-order valence-corrected chi connectivity index (χ0v) is 18.2. The van der Waals surface area contributed by atoms with Gasteiger partial charge in [-0.3, -0.25) is 4.79 Å². The third kappa shape index (κ3) is 3.57. The lowest BCUT2D eigenvalue weighted by Crippen LogP contribution is -2.30. The number of nitrogens with one attached hydrogen (secondary N) is 1. The molecule has 0 aliphatic heterocycles. The molecule has 4 rings (SSSR count). The number of primary amides is 1. The van der Waals surface area contributed by atoms with Crippen molar-refractivity contribution in [2.75, 3.05) is 5.32 Å². The minimum atomic E-state index is -0.617. The summed E-state index contributed by atoms with van der Waals surface area (Å²) in [7, 11) is 0. The molecule has 0 bridgehead atoms. The Kier molecular flexibility index (Phi) is 5.31.